The maximum atomic E-state index is 12.9. The number of thiophene rings is 1. The quantitative estimate of drug-likeness (QED) is 0.330. The average molecular weight is 480 g/mol. The van der Waals surface area contributed by atoms with Crippen molar-refractivity contribution in [1.29, 1.82) is 0 Å². The summed E-state index contributed by atoms with van der Waals surface area (Å²) in [7, 11) is 1.61. The Kier molecular flexibility index (Phi) is 7.26. The Hall–Kier alpha value is -3.36. The number of hydrogen-bond donors (Lipinski definition) is 2. The van der Waals surface area contributed by atoms with E-state index >= 15 is 0 Å². The van der Waals surface area contributed by atoms with Crippen molar-refractivity contribution in [2.75, 3.05) is 19.0 Å². The summed E-state index contributed by atoms with van der Waals surface area (Å²) in [6, 6.07) is 19.3. The van der Waals surface area contributed by atoms with Gasteiger partial charge in [-0.2, -0.15) is 0 Å². The van der Waals surface area contributed by atoms with Crippen LogP contribution in [-0.2, 0) is 13.1 Å². The Morgan fingerprint density at radius 2 is 1.88 bits per heavy atom. The molecule has 8 heteroatoms. The van der Waals surface area contributed by atoms with Gasteiger partial charge in [0, 0.05) is 22.2 Å². The van der Waals surface area contributed by atoms with Crippen LogP contribution < -0.4 is 20.3 Å². The van der Waals surface area contributed by atoms with Crippen molar-refractivity contribution < 1.29 is 9.47 Å². The van der Waals surface area contributed by atoms with Crippen molar-refractivity contribution in [2.24, 2.45) is 0 Å². The van der Waals surface area contributed by atoms with Gasteiger partial charge >= 0.3 is 0 Å². The minimum absolute atomic E-state index is 0.143. The number of fused-ring (bicyclic) bond motifs is 1. The Morgan fingerprint density at radius 1 is 1.09 bits per heavy atom. The topological polar surface area (TPSA) is 66.6 Å². The molecule has 0 atom stereocenters. The number of aromatic amines is 1. The number of benzene rings is 2. The summed E-state index contributed by atoms with van der Waals surface area (Å²) in [5.74, 6) is 1.51. The SMILES string of the molecule is CCOc1ccc(NC(=S)N(Cc2cccs2)Cc2cc3ccc(OC)cc3[nH]c2=O)cc1. The highest BCUT2D eigenvalue weighted by Crippen LogP contribution is 2.21. The number of rotatable bonds is 8. The molecule has 2 N–H and O–H groups in total. The highest BCUT2D eigenvalue weighted by Gasteiger charge is 2.15. The molecule has 0 spiro atoms. The van der Waals surface area contributed by atoms with E-state index < -0.39 is 0 Å². The fraction of sp³-hybridized carbons (Fsp3) is 0.200. The van der Waals surface area contributed by atoms with Crippen LogP contribution >= 0.6 is 23.6 Å². The van der Waals surface area contributed by atoms with E-state index in [1.54, 1.807) is 18.4 Å². The van der Waals surface area contributed by atoms with Crippen molar-refractivity contribution in [3.05, 3.63) is 86.8 Å². The van der Waals surface area contributed by atoms with Crippen LogP contribution in [0.2, 0.25) is 0 Å². The number of ether oxygens (including phenoxy) is 2. The van der Waals surface area contributed by atoms with Gasteiger partial charge in [0.1, 0.15) is 11.5 Å². The molecule has 4 aromatic rings. The first-order valence-corrected chi connectivity index (χ1v) is 11.9. The Balaban J connectivity index is 1.58. The zero-order valence-corrected chi connectivity index (χ0v) is 20.1. The highest BCUT2D eigenvalue weighted by molar-refractivity contribution is 7.80. The second-order valence-corrected chi connectivity index (χ2v) is 8.82. The van der Waals surface area contributed by atoms with Gasteiger partial charge in [0.2, 0.25) is 0 Å². The van der Waals surface area contributed by atoms with Gasteiger partial charge in [0.15, 0.2) is 5.11 Å². The third kappa shape index (κ3) is 5.71. The lowest BCUT2D eigenvalue weighted by Crippen LogP contribution is -2.35. The van der Waals surface area contributed by atoms with E-state index in [0.29, 0.717) is 36.1 Å². The van der Waals surface area contributed by atoms with Crippen LogP contribution in [-0.4, -0.2) is 28.7 Å². The van der Waals surface area contributed by atoms with Crippen LogP contribution in [0.3, 0.4) is 0 Å². The fourth-order valence-electron chi connectivity index (χ4n) is 3.47. The molecule has 0 fully saturated rings. The van der Waals surface area contributed by atoms with Gasteiger partial charge in [-0.1, -0.05) is 6.07 Å². The summed E-state index contributed by atoms with van der Waals surface area (Å²) >= 11 is 7.40. The molecule has 0 amide bonds. The molecular weight excluding hydrogens is 454 g/mol. The van der Waals surface area contributed by atoms with Gasteiger partial charge in [-0.15, -0.1) is 11.3 Å². The van der Waals surface area contributed by atoms with E-state index in [0.717, 1.165) is 27.2 Å². The molecule has 2 aromatic carbocycles. The predicted octanol–water partition coefficient (Wildman–Crippen LogP) is 5.40. The molecule has 0 aliphatic rings. The number of thiocarbonyl (C=S) groups is 1. The average Bonchev–Trinajstić information content (AvgIpc) is 3.33. The van der Waals surface area contributed by atoms with Crippen molar-refractivity contribution in [3.8, 4) is 11.5 Å². The summed E-state index contributed by atoms with van der Waals surface area (Å²) in [6.07, 6.45) is 0. The van der Waals surface area contributed by atoms with Crippen LogP contribution in [0.5, 0.6) is 11.5 Å². The first-order chi connectivity index (χ1) is 16.1. The molecule has 0 unspecified atom stereocenters. The lowest BCUT2D eigenvalue weighted by Gasteiger charge is -2.25. The van der Waals surface area contributed by atoms with E-state index in [9.17, 15) is 4.79 Å². The van der Waals surface area contributed by atoms with Crippen molar-refractivity contribution in [3.63, 3.8) is 0 Å². The standard InChI is InChI=1S/C25H25N3O3S2/c1-3-31-20-10-7-19(8-11-20)26-25(32)28(16-22-5-4-12-33-22)15-18-13-17-6-9-21(30-2)14-23(17)27-24(18)29/h4-14H,3,15-16H2,1-2H3,(H,26,32)(H,27,29). The molecule has 170 valence electrons. The Morgan fingerprint density at radius 3 is 2.58 bits per heavy atom. The predicted molar refractivity (Wildman–Crippen MR) is 139 cm³/mol. The second-order valence-electron chi connectivity index (χ2n) is 7.40. The molecule has 0 saturated carbocycles. The third-order valence-electron chi connectivity index (χ3n) is 5.12. The second kappa shape index (κ2) is 10.5. The monoisotopic (exact) mass is 479 g/mol. The summed E-state index contributed by atoms with van der Waals surface area (Å²) in [6.45, 7) is 3.54. The molecule has 6 nitrogen and oxygen atoms in total. The van der Waals surface area contributed by atoms with Crippen molar-refractivity contribution >= 4 is 45.3 Å². The molecule has 33 heavy (non-hydrogen) atoms. The summed E-state index contributed by atoms with van der Waals surface area (Å²) < 4.78 is 10.8. The van der Waals surface area contributed by atoms with Gasteiger partial charge in [0.05, 0.1) is 32.3 Å². The Labute approximate surface area is 201 Å². The number of nitrogens with one attached hydrogen (secondary N) is 2. The zero-order valence-electron chi connectivity index (χ0n) is 18.5. The smallest absolute Gasteiger partial charge is 0.253 e. The Bertz CT molecular complexity index is 1280. The van der Waals surface area contributed by atoms with E-state index in [4.69, 9.17) is 21.7 Å². The number of aromatic nitrogens is 1. The van der Waals surface area contributed by atoms with Crippen LogP contribution in [0, 0.1) is 0 Å². The van der Waals surface area contributed by atoms with E-state index in [1.807, 2.05) is 71.8 Å². The maximum Gasteiger partial charge on any atom is 0.253 e. The van der Waals surface area contributed by atoms with Crippen LogP contribution in [0.25, 0.3) is 10.9 Å². The molecule has 0 aliphatic carbocycles. The van der Waals surface area contributed by atoms with Crippen molar-refractivity contribution in [2.45, 2.75) is 20.0 Å². The lowest BCUT2D eigenvalue weighted by molar-refractivity contribution is 0.340. The number of H-pyrrole nitrogens is 1. The first kappa shape index (κ1) is 22.8. The number of methoxy groups -OCH3 is 1. The fourth-order valence-corrected chi connectivity index (χ4v) is 4.44. The molecule has 2 heterocycles. The first-order valence-electron chi connectivity index (χ1n) is 10.6. The van der Waals surface area contributed by atoms with Gasteiger partial charge in [-0.3, -0.25) is 4.79 Å². The third-order valence-corrected chi connectivity index (χ3v) is 6.34. The highest BCUT2D eigenvalue weighted by atomic mass is 32.1. The molecule has 0 bridgehead atoms. The van der Waals surface area contributed by atoms with Crippen LogP contribution in [0.15, 0.2) is 70.8 Å². The van der Waals surface area contributed by atoms with E-state index in [1.165, 1.54) is 0 Å². The van der Waals surface area contributed by atoms with Gasteiger partial charge in [-0.05, 0) is 78.4 Å². The van der Waals surface area contributed by atoms with Gasteiger partial charge in [-0.25, -0.2) is 0 Å². The van der Waals surface area contributed by atoms with Crippen LogP contribution in [0.4, 0.5) is 5.69 Å². The van der Waals surface area contributed by atoms with Crippen molar-refractivity contribution in [1.82, 2.24) is 9.88 Å². The molecule has 4 rings (SSSR count). The summed E-state index contributed by atoms with van der Waals surface area (Å²) in [4.78, 5) is 19.0. The molecular formula is C25H25N3O3S2. The largest absolute Gasteiger partial charge is 0.497 e. The minimum atomic E-state index is -0.143. The van der Waals surface area contributed by atoms with E-state index in [2.05, 4.69) is 16.4 Å². The molecule has 0 saturated heterocycles. The van der Waals surface area contributed by atoms with Crippen LogP contribution in [0.1, 0.15) is 17.4 Å². The molecule has 0 aliphatic heterocycles. The summed E-state index contributed by atoms with van der Waals surface area (Å²) in [5.41, 5.74) is 2.10. The number of hydrogen-bond acceptors (Lipinski definition) is 5. The number of nitrogens with zero attached hydrogens (tertiary/aromatic N) is 1. The number of pyridine rings is 1. The summed E-state index contributed by atoms with van der Waals surface area (Å²) in [5, 5.41) is 6.81. The number of anilines is 1. The molecule has 2 aromatic heterocycles. The lowest BCUT2D eigenvalue weighted by atomic mass is 10.1. The minimum Gasteiger partial charge on any atom is -0.497 e. The van der Waals surface area contributed by atoms with Gasteiger partial charge in [0.25, 0.3) is 5.56 Å². The maximum absolute atomic E-state index is 12.9. The normalized spacial score (nSPS) is 10.7. The zero-order chi connectivity index (χ0) is 23.2. The van der Waals surface area contributed by atoms with Gasteiger partial charge < -0.3 is 24.7 Å². The molecule has 0 radical (unpaired) electrons. The van der Waals surface area contributed by atoms with E-state index in [-0.39, 0.29) is 5.56 Å².